The number of nitrogens with zero attached hydrogens (tertiary/aromatic N) is 1. The Bertz CT molecular complexity index is 1140. The van der Waals surface area contributed by atoms with Crippen LogP contribution in [0.5, 0.6) is 0 Å². The van der Waals surface area contributed by atoms with Crippen LogP contribution < -0.4 is 9.62 Å². The number of carbonyl (C=O) groups excluding carboxylic acids is 1. The molecule has 29 heavy (non-hydrogen) atoms. The molecule has 0 aliphatic heterocycles. The minimum atomic E-state index is -3.95. The maximum absolute atomic E-state index is 13.2. The second-order valence-corrected chi connectivity index (χ2v) is 9.02. The van der Waals surface area contributed by atoms with E-state index in [2.05, 4.69) is 5.32 Å². The monoisotopic (exact) mass is 448 g/mol. The molecule has 3 rings (SSSR count). The summed E-state index contributed by atoms with van der Waals surface area (Å²) in [7, 11) is -3.95. The van der Waals surface area contributed by atoms with Crippen molar-refractivity contribution in [1.82, 2.24) is 0 Å². The predicted octanol–water partition coefficient (Wildman–Crippen LogP) is 5.14. The van der Waals surface area contributed by atoms with E-state index in [4.69, 9.17) is 23.2 Å². The summed E-state index contributed by atoms with van der Waals surface area (Å²) in [5, 5.41) is 3.31. The molecule has 0 heterocycles. The minimum Gasteiger partial charge on any atom is -0.324 e. The van der Waals surface area contributed by atoms with E-state index in [-0.39, 0.29) is 9.92 Å². The van der Waals surface area contributed by atoms with Gasteiger partial charge < -0.3 is 5.32 Å². The number of hydrogen-bond donors (Lipinski definition) is 1. The Hall–Kier alpha value is -2.54. The average Bonchev–Trinajstić information content (AvgIpc) is 2.69. The first-order chi connectivity index (χ1) is 13.8. The first kappa shape index (κ1) is 21.2. The molecule has 3 aromatic carbocycles. The van der Waals surface area contributed by atoms with Crippen LogP contribution in [-0.4, -0.2) is 20.9 Å². The van der Waals surface area contributed by atoms with Crippen LogP contribution in [0.2, 0.25) is 10.0 Å². The standard InChI is InChI=1S/C21H18Cl2N2O3S/c1-15-6-5-7-17(12-15)25(29(27,28)18-8-3-2-4-9-18)14-21(26)24-16-10-11-19(22)20(23)13-16/h2-13H,14H2,1H3,(H,24,26). The molecule has 0 aliphatic carbocycles. The lowest BCUT2D eigenvalue weighted by molar-refractivity contribution is -0.114. The van der Waals surface area contributed by atoms with Gasteiger partial charge in [0.1, 0.15) is 6.54 Å². The van der Waals surface area contributed by atoms with Gasteiger partial charge in [0, 0.05) is 5.69 Å². The average molecular weight is 449 g/mol. The van der Waals surface area contributed by atoms with Gasteiger partial charge in [0.2, 0.25) is 5.91 Å². The smallest absolute Gasteiger partial charge is 0.264 e. The second kappa shape index (κ2) is 8.86. The van der Waals surface area contributed by atoms with Crippen LogP contribution in [-0.2, 0) is 14.8 Å². The highest BCUT2D eigenvalue weighted by molar-refractivity contribution is 7.92. The maximum atomic E-state index is 13.2. The normalized spacial score (nSPS) is 11.1. The zero-order valence-corrected chi connectivity index (χ0v) is 17.8. The number of hydrogen-bond acceptors (Lipinski definition) is 3. The Kier molecular flexibility index (Phi) is 6.47. The SMILES string of the molecule is Cc1cccc(N(CC(=O)Nc2ccc(Cl)c(Cl)c2)S(=O)(=O)c2ccccc2)c1. The number of amides is 1. The molecule has 0 radical (unpaired) electrons. The van der Waals surface area contributed by atoms with Crippen LogP contribution in [0.3, 0.4) is 0 Å². The van der Waals surface area contributed by atoms with Gasteiger partial charge in [-0.15, -0.1) is 0 Å². The number of anilines is 2. The van der Waals surface area contributed by atoms with E-state index in [0.717, 1.165) is 9.87 Å². The van der Waals surface area contributed by atoms with Crippen molar-refractivity contribution < 1.29 is 13.2 Å². The molecule has 0 aliphatic rings. The van der Waals surface area contributed by atoms with Gasteiger partial charge in [-0.1, -0.05) is 53.5 Å². The fraction of sp³-hybridized carbons (Fsp3) is 0.0952. The fourth-order valence-electron chi connectivity index (χ4n) is 2.72. The van der Waals surface area contributed by atoms with Gasteiger partial charge in [0.15, 0.2) is 0 Å². The van der Waals surface area contributed by atoms with Crippen LogP contribution in [0.15, 0.2) is 77.7 Å². The summed E-state index contributed by atoms with van der Waals surface area (Å²) >= 11 is 11.9. The van der Waals surface area contributed by atoms with Crippen molar-refractivity contribution in [3.05, 3.63) is 88.4 Å². The van der Waals surface area contributed by atoms with Gasteiger partial charge in [-0.25, -0.2) is 8.42 Å². The van der Waals surface area contributed by atoms with E-state index in [1.165, 1.54) is 18.2 Å². The lowest BCUT2D eigenvalue weighted by Gasteiger charge is -2.24. The molecule has 5 nitrogen and oxygen atoms in total. The van der Waals surface area contributed by atoms with Crippen molar-refractivity contribution in [3.63, 3.8) is 0 Å². The Balaban J connectivity index is 1.93. The molecule has 0 unspecified atom stereocenters. The molecule has 0 saturated heterocycles. The molecule has 150 valence electrons. The third-order valence-electron chi connectivity index (χ3n) is 4.11. The summed E-state index contributed by atoms with van der Waals surface area (Å²) in [6, 6.07) is 19.6. The summed E-state index contributed by atoms with van der Waals surface area (Å²) in [6.45, 7) is 1.45. The lowest BCUT2D eigenvalue weighted by atomic mass is 10.2. The molecule has 0 aromatic heterocycles. The Morgan fingerprint density at radius 3 is 2.31 bits per heavy atom. The maximum Gasteiger partial charge on any atom is 0.264 e. The molecule has 0 spiro atoms. The molecule has 1 N–H and O–H groups in total. The Morgan fingerprint density at radius 1 is 0.931 bits per heavy atom. The molecule has 0 saturated carbocycles. The largest absolute Gasteiger partial charge is 0.324 e. The van der Waals surface area contributed by atoms with Crippen molar-refractivity contribution in [2.75, 3.05) is 16.2 Å². The molecule has 0 atom stereocenters. The van der Waals surface area contributed by atoms with Crippen LogP contribution in [0.25, 0.3) is 0 Å². The van der Waals surface area contributed by atoms with Gasteiger partial charge in [-0.2, -0.15) is 0 Å². The third-order valence-corrected chi connectivity index (χ3v) is 6.64. The Labute approximate surface area is 179 Å². The molecule has 8 heteroatoms. The zero-order chi connectivity index (χ0) is 21.0. The van der Waals surface area contributed by atoms with Crippen molar-refractivity contribution in [1.29, 1.82) is 0 Å². The van der Waals surface area contributed by atoms with Crippen LogP contribution in [0, 0.1) is 6.92 Å². The van der Waals surface area contributed by atoms with E-state index in [9.17, 15) is 13.2 Å². The van der Waals surface area contributed by atoms with E-state index in [1.807, 2.05) is 13.0 Å². The highest BCUT2D eigenvalue weighted by atomic mass is 35.5. The number of halogens is 2. The highest BCUT2D eigenvalue weighted by Gasteiger charge is 2.27. The van der Waals surface area contributed by atoms with Gasteiger partial charge in [0.25, 0.3) is 10.0 Å². The molecule has 1 amide bonds. The fourth-order valence-corrected chi connectivity index (χ4v) is 4.45. The van der Waals surface area contributed by atoms with Crippen LogP contribution in [0.1, 0.15) is 5.56 Å². The van der Waals surface area contributed by atoms with E-state index < -0.39 is 22.5 Å². The third kappa shape index (κ3) is 5.09. The van der Waals surface area contributed by atoms with Gasteiger partial charge in [-0.05, 0) is 55.0 Å². The van der Waals surface area contributed by atoms with Gasteiger partial charge in [0.05, 0.1) is 20.6 Å². The van der Waals surface area contributed by atoms with E-state index in [1.54, 1.807) is 48.5 Å². The van der Waals surface area contributed by atoms with Gasteiger partial charge in [-0.3, -0.25) is 9.10 Å². The number of nitrogens with one attached hydrogen (secondary N) is 1. The first-order valence-corrected chi connectivity index (χ1v) is 10.9. The van der Waals surface area contributed by atoms with E-state index >= 15 is 0 Å². The number of carbonyl (C=O) groups is 1. The number of aryl methyl sites for hydroxylation is 1. The zero-order valence-electron chi connectivity index (χ0n) is 15.5. The van der Waals surface area contributed by atoms with Crippen molar-refractivity contribution in [3.8, 4) is 0 Å². The van der Waals surface area contributed by atoms with Crippen molar-refractivity contribution in [2.24, 2.45) is 0 Å². The van der Waals surface area contributed by atoms with Crippen molar-refractivity contribution >= 4 is 50.5 Å². The number of sulfonamides is 1. The quantitative estimate of drug-likeness (QED) is 0.567. The van der Waals surface area contributed by atoms with Crippen LogP contribution in [0.4, 0.5) is 11.4 Å². The summed E-state index contributed by atoms with van der Waals surface area (Å²) < 4.78 is 27.6. The van der Waals surface area contributed by atoms with E-state index in [0.29, 0.717) is 16.4 Å². The minimum absolute atomic E-state index is 0.101. The molecule has 0 bridgehead atoms. The lowest BCUT2D eigenvalue weighted by Crippen LogP contribution is -2.38. The second-order valence-electron chi connectivity index (χ2n) is 6.34. The summed E-state index contributed by atoms with van der Waals surface area (Å²) in [6.07, 6.45) is 0. The van der Waals surface area contributed by atoms with Crippen molar-refractivity contribution in [2.45, 2.75) is 11.8 Å². The van der Waals surface area contributed by atoms with Crippen LogP contribution >= 0.6 is 23.2 Å². The number of benzene rings is 3. The predicted molar refractivity (Wildman–Crippen MR) is 117 cm³/mol. The summed E-state index contributed by atoms with van der Waals surface area (Å²) in [5.74, 6) is -0.510. The number of rotatable bonds is 6. The Morgan fingerprint density at radius 2 is 1.66 bits per heavy atom. The molecule has 0 fully saturated rings. The summed E-state index contributed by atoms with van der Waals surface area (Å²) in [5.41, 5.74) is 1.70. The summed E-state index contributed by atoms with van der Waals surface area (Å²) in [4.78, 5) is 12.8. The molecule has 3 aromatic rings. The van der Waals surface area contributed by atoms with Gasteiger partial charge >= 0.3 is 0 Å². The topological polar surface area (TPSA) is 66.5 Å². The molecular weight excluding hydrogens is 431 g/mol. The highest BCUT2D eigenvalue weighted by Crippen LogP contribution is 2.26. The molecular formula is C21H18Cl2N2O3S. The first-order valence-electron chi connectivity index (χ1n) is 8.67.